The summed E-state index contributed by atoms with van der Waals surface area (Å²) < 4.78 is 11.1. The molecule has 0 aromatic heterocycles. The second-order valence-electron chi connectivity index (χ2n) is 12.5. The maximum Gasteiger partial charge on any atom is 0.307 e. The number of esters is 2. The first-order valence-electron chi connectivity index (χ1n) is 16.9. The van der Waals surface area contributed by atoms with E-state index in [2.05, 4.69) is 24.4 Å². The van der Waals surface area contributed by atoms with Crippen molar-refractivity contribution in [1.82, 2.24) is 5.32 Å². The van der Waals surface area contributed by atoms with Gasteiger partial charge >= 0.3 is 11.9 Å². The third kappa shape index (κ3) is 15.8. The Morgan fingerprint density at radius 3 is 2.34 bits per heavy atom. The third-order valence-electron chi connectivity index (χ3n) is 8.34. The molecule has 8 nitrogen and oxygen atoms in total. The average molecular weight is 616 g/mol. The van der Waals surface area contributed by atoms with Crippen LogP contribution in [0, 0.1) is 11.8 Å². The summed E-state index contributed by atoms with van der Waals surface area (Å²) in [4.78, 5) is 36.5. The number of allylic oxidation sites excluding steroid dienone is 2. The summed E-state index contributed by atoms with van der Waals surface area (Å²) in [5.74, 6) is -0.728. The van der Waals surface area contributed by atoms with Crippen LogP contribution in [0.4, 0.5) is 0 Å². The summed E-state index contributed by atoms with van der Waals surface area (Å²) >= 11 is 0. The Labute approximate surface area is 265 Å². The van der Waals surface area contributed by atoms with Crippen LogP contribution < -0.4 is 5.32 Å². The first-order chi connectivity index (χ1) is 21.2. The molecule has 248 valence electrons. The van der Waals surface area contributed by atoms with E-state index in [1.807, 2.05) is 44.2 Å². The molecule has 1 fully saturated rings. The number of benzene rings is 1. The number of aliphatic hydroxyl groups excluding tert-OH is 2. The molecule has 0 heterocycles. The quantitative estimate of drug-likeness (QED) is 0.0805. The number of aliphatic hydroxyl groups is 2. The fourth-order valence-corrected chi connectivity index (χ4v) is 5.93. The van der Waals surface area contributed by atoms with Crippen LogP contribution in [-0.4, -0.2) is 59.0 Å². The molecule has 1 saturated carbocycles. The van der Waals surface area contributed by atoms with Crippen molar-refractivity contribution in [3.8, 4) is 0 Å². The Kier molecular flexibility index (Phi) is 18.7. The highest BCUT2D eigenvalue weighted by Crippen LogP contribution is 2.39. The van der Waals surface area contributed by atoms with Crippen LogP contribution in [0.2, 0.25) is 0 Å². The summed E-state index contributed by atoms with van der Waals surface area (Å²) in [5, 5.41) is 24.3. The van der Waals surface area contributed by atoms with Crippen molar-refractivity contribution < 1.29 is 34.1 Å². The molecule has 1 amide bonds. The minimum absolute atomic E-state index is 0.0305. The van der Waals surface area contributed by atoms with Gasteiger partial charge in [0.15, 0.2) is 0 Å². The first kappa shape index (κ1) is 37.5. The molecular formula is C36H57NO7. The summed E-state index contributed by atoms with van der Waals surface area (Å²) in [6.07, 6.45) is 12.7. The van der Waals surface area contributed by atoms with Crippen molar-refractivity contribution in [2.45, 2.75) is 141 Å². The summed E-state index contributed by atoms with van der Waals surface area (Å²) in [6, 6.07) is 10.1. The molecule has 0 bridgehead atoms. The Morgan fingerprint density at radius 2 is 1.61 bits per heavy atom. The highest BCUT2D eigenvalue weighted by atomic mass is 16.5. The number of hydrogen-bond donors (Lipinski definition) is 3. The molecule has 0 radical (unpaired) electrons. The minimum atomic E-state index is -0.604. The molecule has 1 aromatic rings. The normalized spacial score (nSPS) is 20.6. The number of unbranched alkanes of at least 4 members (excludes halogenated alkanes) is 4. The molecule has 0 unspecified atom stereocenters. The highest BCUT2D eigenvalue weighted by Gasteiger charge is 2.40. The first-order valence-corrected chi connectivity index (χ1v) is 16.9. The zero-order valence-corrected chi connectivity index (χ0v) is 27.3. The van der Waals surface area contributed by atoms with Crippen molar-refractivity contribution in [2.75, 3.05) is 6.54 Å². The van der Waals surface area contributed by atoms with Gasteiger partial charge in [-0.1, -0.05) is 68.7 Å². The predicted molar refractivity (Wildman–Crippen MR) is 173 cm³/mol. The monoisotopic (exact) mass is 615 g/mol. The van der Waals surface area contributed by atoms with Crippen LogP contribution >= 0.6 is 0 Å². The van der Waals surface area contributed by atoms with Crippen LogP contribution in [0.3, 0.4) is 0 Å². The van der Waals surface area contributed by atoms with E-state index in [0.29, 0.717) is 51.4 Å². The van der Waals surface area contributed by atoms with E-state index in [9.17, 15) is 24.6 Å². The molecule has 1 aromatic carbocycles. The van der Waals surface area contributed by atoms with Crippen molar-refractivity contribution in [1.29, 1.82) is 0 Å². The SMILES string of the molecule is CCCCCCC(=O)NCCC(=O)O[C@@H](CCc1ccccc1)CC[C@@H]1[C@@H](C/C=C\CCCC(=O)OC(C)C)[C@@H](O)C[C@H]1O. The van der Waals surface area contributed by atoms with Crippen LogP contribution in [0.25, 0.3) is 0 Å². The van der Waals surface area contributed by atoms with Crippen molar-refractivity contribution >= 4 is 17.8 Å². The van der Waals surface area contributed by atoms with Crippen LogP contribution in [0.15, 0.2) is 42.5 Å². The van der Waals surface area contributed by atoms with E-state index in [1.54, 1.807) is 0 Å². The maximum absolute atomic E-state index is 12.7. The van der Waals surface area contributed by atoms with Gasteiger partial charge in [-0.05, 0) is 89.0 Å². The number of aryl methyl sites for hydroxylation is 1. The van der Waals surface area contributed by atoms with Crippen LogP contribution in [0.1, 0.15) is 116 Å². The fourth-order valence-electron chi connectivity index (χ4n) is 5.93. The Morgan fingerprint density at radius 1 is 0.886 bits per heavy atom. The van der Waals surface area contributed by atoms with Crippen molar-refractivity contribution in [3.63, 3.8) is 0 Å². The molecule has 0 saturated heterocycles. The molecule has 3 N–H and O–H groups in total. The smallest absolute Gasteiger partial charge is 0.307 e. The van der Waals surface area contributed by atoms with Gasteiger partial charge in [-0.25, -0.2) is 0 Å². The Hall–Kier alpha value is -2.71. The minimum Gasteiger partial charge on any atom is -0.463 e. The van der Waals surface area contributed by atoms with Crippen molar-refractivity contribution in [2.24, 2.45) is 11.8 Å². The van der Waals surface area contributed by atoms with Gasteiger partial charge in [-0.15, -0.1) is 0 Å². The molecule has 0 spiro atoms. The Bertz CT molecular complexity index is 980. The second kappa shape index (κ2) is 21.9. The zero-order valence-electron chi connectivity index (χ0n) is 27.3. The number of rotatable bonds is 22. The van der Waals surface area contributed by atoms with E-state index in [0.717, 1.165) is 38.5 Å². The average Bonchev–Trinajstić information content (AvgIpc) is 3.25. The molecule has 44 heavy (non-hydrogen) atoms. The standard InChI is InChI=1S/C36H57NO7/c1-4-5-6-13-18-34(40)37-25-24-36(42)44-29(21-20-28-15-10-9-11-16-28)22-23-31-30(32(38)26-33(31)39)17-12-7-8-14-19-35(41)43-27(2)3/h7,9-12,15-16,27,29-33,38-39H,4-6,8,13-14,17-26H2,1-3H3,(H,37,40)/b12-7-/t29-,30+,31+,32-,33+/m0/s1. The number of hydrogen-bond acceptors (Lipinski definition) is 7. The van der Waals surface area contributed by atoms with E-state index >= 15 is 0 Å². The van der Waals surface area contributed by atoms with Gasteiger partial charge in [0.1, 0.15) is 6.10 Å². The van der Waals surface area contributed by atoms with Gasteiger partial charge in [0, 0.05) is 19.4 Å². The molecule has 1 aliphatic carbocycles. The van der Waals surface area contributed by atoms with Crippen LogP contribution in [0.5, 0.6) is 0 Å². The lowest BCUT2D eigenvalue weighted by atomic mass is 9.85. The van der Waals surface area contributed by atoms with Gasteiger partial charge in [0.05, 0.1) is 24.7 Å². The van der Waals surface area contributed by atoms with Crippen LogP contribution in [-0.2, 0) is 30.3 Å². The topological polar surface area (TPSA) is 122 Å². The Balaban J connectivity index is 1.87. The third-order valence-corrected chi connectivity index (χ3v) is 8.34. The number of carbonyl (C=O) groups excluding carboxylic acids is 3. The second-order valence-corrected chi connectivity index (χ2v) is 12.5. The van der Waals surface area contributed by atoms with E-state index in [-0.39, 0.29) is 54.9 Å². The lowest BCUT2D eigenvalue weighted by molar-refractivity contribution is -0.150. The molecule has 1 aliphatic rings. The lowest BCUT2D eigenvalue weighted by Crippen LogP contribution is -2.28. The largest absolute Gasteiger partial charge is 0.463 e. The lowest BCUT2D eigenvalue weighted by Gasteiger charge is -2.25. The molecule has 2 rings (SSSR count). The summed E-state index contributed by atoms with van der Waals surface area (Å²) in [5.41, 5.74) is 1.17. The van der Waals surface area contributed by atoms with E-state index in [4.69, 9.17) is 9.47 Å². The van der Waals surface area contributed by atoms with Gasteiger partial charge in [0.25, 0.3) is 0 Å². The zero-order chi connectivity index (χ0) is 32.2. The highest BCUT2D eigenvalue weighted by molar-refractivity contribution is 5.77. The van der Waals surface area contributed by atoms with E-state index < -0.39 is 12.2 Å². The molecule has 8 heteroatoms. The number of carbonyl (C=O) groups is 3. The van der Waals surface area contributed by atoms with Gasteiger partial charge in [0.2, 0.25) is 5.91 Å². The summed E-state index contributed by atoms with van der Waals surface area (Å²) in [7, 11) is 0. The maximum atomic E-state index is 12.7. The van der Waals surface area contributed by atoms with Crippen molar-refractivity contribution in [3.05, 3.63) is 48.0 Å². The fraction of sp³-hybridized carbons (Fsp3) is 0.694. The number of amides is 1. The van der Waals surface area contributed by atoms with E-state index in [1.165, 1.54) is 5.56 Å². The predicted octanol–water partition coefficient (Wildman–Crippen LogP) is 6.21. The van der Waals surface area contributed by atoms with Gasteiger partial charge in [-0.2, -0.15) is 0 Å². The molecular weight excluding hydrogens is 558 g/mol. The molecule has 0 aliphatic heterocycles. The molecule has 5 atom stereocenters. The number of nitrogens with one attached hydrogen (secondary N) is 1. The summed E-state index contributed by atoms with van der Waals surface area (Å²) in [6.45, 7) is 6.07. The van der Waals surface area contributed by atoms with Gasteiger partial charge < -0.3 is 25.0 Å². The number of ether oxygens (including phenoxy) is 2. The van der Waals surface area contributed by atoms with Gasteiger partial charge in [-0.3, -0.25) is 14.4 Å².